The smallest absolute Gasteiger partial charge is 0.262 e. The molecule has 4 rings (SSSR count). The number of hydrogen-bond acceptors (Lipinski definition) is 6. The number of nitrogens with zero attached hydrogens (tertiary/aromatic N) is 3. The predicted molar refractivity (Wildman–Crippen MR) is 114 cm³/mol. The van der Waals surface area contributed by atoms with E-state index in [2.05, 4.69) is 15.2 Å². The summed E-state index contributed by atoms with van der Waals surface area (Å²) in [6, 6.07) is 6.34. The lowest BCUT2D eigenvalue weighted by Crippen LogP contribution is -2.41. The number of benzene rings is 1. The number of carbonyl (C=O) groups is 1. The van der Waals surface area contributed by atoms with Crippen LogP contribution in [0.2, 0.25) is 0 Å². The maximum absolute atomic E-state index is 14.0. The average molecular weight is 431 g/mol. The van der Waals surface area contributed by atoms with Crippen LogP contribution >= 0.6 is 11.3 Å². The summed E-state index contributed by atoms with van der Waals surface area (Å²) in [4.78, 5) is 33.2. The third kappa shape index (κ3) is 4.28. The Bertz CT molecular complexity index is 1120. The molecule has 1 aliphatic heterocycles. The molecular formula is C21H23FN4O3S. The Kier molecular flexibility index (Phi) is 6.21. The molecule has 0 aliphatic carbocycles. The van der Waals surface area contributed by atoms with Crippen LogP contribution in [-0.2, 0) is 11.3 Å². The maximum Gasteiger partial charge on any atom is 0.262 e. The summed E-state index contributed by atoms with van der Waals surface area (Å²) in [5.74, 6) is -0.573. The van der Waals surface area contributed by atoms with Crippen LogP contribution in [0.25, 0.3) is 10.2 Å². The first-order valence-corrected chi connectivity index (χ1v) is 10.7. The van der Waals surface area contributed by atoms with E-state index in [1.807, 2.05) is 0 Å². The van der Waals surface area contributed by atoms with E-state index in [1.165, 1.54) is 28.3 Å². The van der Waals surface area contributed by atoms with Crippen molar-refractivity contribution in [2.75, 3.05) is 39.4 Å². The number of ether oxygens (including phenoxy) is 1. The number of amides is 1. The van der Waals surface area contributed by atoms with Gasteiger partial charge in [0.05, 0.1) is 36.3 Å². The fraction of sp³-hybridized carbons (Fsp3) is 0.381. The molecule has 1 aliphatic rings. The van der Waals surface area contributed by atoms with Gasteiger partial charge < -0.3 is 10.1 Å². The van der Waals surface area contributed by atoms with E-state index < -0.39 is 0 Å². The molecule has 3 aromatic rings. The molecular weight excluding hydrogens is 407 g/mol. The summed E-state index contributed by atoms with van der Waals surface area (Å²) >= 11 is 1.21. The average Bonchev–Trinajstić information content (AvgIpc) is 3.09. The second kappa shape index (κ2) is 9.03. The minimum absolute atomic E-state index is 0.0881. The topological polar surface area (TPSA) is 76.5 Å². The molecule has 1 amide bonds. The highest BCUT2D eigenvalue weighted by atomic mass is 32.1. The number of rotatable bonds is 6. The third-order valence-corrected chi connectivity index (χ3v) is 6.44. The zero-order valence-corrected chi connectivity index (χ0v) is 17.5. The molecule has 2 aromatic heterocycles. The van der Waals surface area contributed by atoms with Crippen molar-refractivity contribution >= 4 is 27.5 Å². The standard InChI is InChI=1S/C21H23FN4O3S/c1-14-17-20(24-13-26(21(17)28)12-15-4-2-3-5-16(15)22)30-18(14)19(27)23-6-7-25-8-10-29-11-9-25/h2-5,13H,6-12H2,1H3,(H,23,27). The van der Waals surface area contributed by atoms with E-state index in [0.29, 0.717) is 46.0 Å². The number of thiophene rings is 1. The summed E-state index contributed by atoms with van der Waals surface area (Å²) < 4.78 is 20.7. The lowest BCUT2D eigenvalue weighted by Gasteiger charge is -2.26. The summed E-state index contributed by atoms with van der Waals surface area (Å²) in [6.45, 7) is 6.29. The quantitative estimate of drug-likeness (QED) is 0.648. The molecule has 0 spiro atoms. The lowest BCUT2D eigenvalue weighted by atomic mass is 10.2. The summed E-state index contributed by atoms with van der Waals surface area (Å²) in [6.07, 6.45) is 1.41. The first kappa shape index (κ1) is 20.6. The number of fused-ring (bicyclic) bond motifs is 1. The highest BCUT2D eigenvalue weighted by molar-refractivity contribution is 7.20. The predicted octanol–water partition coefficient (Wildman–Crippen LogP) is 2.02. The molecule has 1 saturated heterocycles. The largest absolute Gasteiger partial charge is 0.379 e. The fourth-order valence-corrected chi connectivity index (χ4v) is 4.59. The van der Waals surface area contributed by atoms with Gasteiger partial charge in [0.25, 0.3) is 11.5 Å². The van der Waals surface area contributed by atoms with Crippen LogP contribution in [0.4, 0.5) is 4.39 Å². The molecule has 1 N–H and O–H groups in total. The van der Waals surface area contributed by atoms with E-state index in [1.54, 1.807) is 25.1 Å². The molecule has 0 radical (unpaired) electrons. The van der Waals surface area contributed by atoms with Gasteiger partial charge in [0.2, 0.25) is 0 Å². The van der Waals surface area contributed by atoms with Crippen molar-refractivity contribution in [1.29, 1.82) is 0 Å². The van der Waals surface area contributed by atoms with Gasteiger partial charge in [-0.2, -0.15) is 0 Å². The van der Waals surface area contributed by atoms with Crippen molar-refractivity contribution in [1.82, 2.24) is 19.8 Å². The van der Waals surface area contributed by atoms with Crippen LogP contribution in [0.5, 0.6) is 0 Å². The first-order valence-electron chi connectivity index (χ1n) is 9.85. The fourth-order valence-electron chi connectivity index (χ4n) is 3.53. The van der Waals surface area contributed by atoms with E-state index in [0.717, 1.165) is 19.6 Å². The van der Waals surface area contributed by atoms with Crippen LogP contribution < -0.4 is 10.9 Å². The number of morpholine rings is 1. The number of aromatic nitrogens is 2. The van der Waals surface area contributed by atoms with Gasteiger partial charge in [-0.25, -0.2) is 9.37 Å². The van der Waals surface area contributed by atoms with Gasteiger partial charge in [-0.1, -0.05) is 18.2 Å². The Balaban J connectivity index is 1.51. The zero-order chi connectivity index (χ0) is 21.1. The molecule has 1 fully saturated rings. The molecule has 0 unspecified atom stereocenters. The Morgan fingerprint density at radius 3 is 2.83 bits per heavy atom. The van der Waals surface area contributed by atoms with Gasteiger partial charge in [-0.15, -0.1) is 11.3 Å². The first-order chi connectivity index (χ1) is 14.5. The maximum atomic E-state index is 14.0. The molecule has 3 heterocycles. The lowest BCUT2D eigenvalue weighted by molar-refractivity contribution is 0.0383. The number of nitrogens with one attached hydrogen (secondary N) is 1. The van der Waals surface area contributed by atoms with Crippen molar-refractivity contribution in [2.24, 2.45) is 0 Å². The Morgan fingerprint density at radius 2 is 2.07 bits per heavy atom. The van der Waals surface area contributed by atoms with Crippen LogP contribution in [0.15, 0.2) is 35.4 Å². The molecule has 9 heteroatoms. The summed E-state index contributed by atoms with van der Waals surface area (Å²) in [7, 11) is 0. The monoisotopic (exact) mass is 430 g/mol. The van der Waals surface area contributed by atoms with Gasteiger partial charge in [0, 0.05) is 31.7 Å². The van der Waals surface area contributed by atoms with Crippen LogP contribution in [0.3, 0.4) is 0 Å². The zero-order valence-electron chi connectivity index (χ0n) is 16.7. The third-order valence-electron chi connectivity index (χ3n) is 5.24. The minimum atomic E-state index is -0.369. The highest BCUT2D eigenvalue weighted by Gasteiger charge is 2.20. The number of aryl methyl sites for hydroxylation is 1. The summed E-state index contributed by atoms with van der Waals surface area (Å²) in [5, 5.41) is 3.35. The van der Waals surface area contributed by atoms with Gasteiger partial charge in [-0.3, -0.25) is 19.1 Å². The number of hydrogen-bond donors (Lipinski definition) is 1. The second-order valence-electron chi connectivity index (χ2n) is 7.22. The van der Waals surface area contributed by atoms with Gasteiger partial charge in [-0.05, 0) is 18.6 Å². The SMILES string of the molecule is Cc1c(C(=O)NCCN2CCOCC2)sc2ncn(Cc3ccccc3F)c(=O)c12. The molecule has 1 aromatic carbocycles. The van der Waals surface area contributed by atoms with E-state index in [-0.39, 0.29) is 23.8 Å². The number of halogens is 1. The van der Waals surface area contributed by atoms with E-state index in [9.17, 15) is 14.0 Å². The van der Waals surface area contributed by atoms with E-state index in [4.69, 9.17) is 4.74 Å². The van der Waals surface area contributed by atoms with Gasteiger partial charge in [0.1, 0.15) is 10.6 Å². The van der Waals surface area contributed by atoms with Crippen molar-refractivity contribution in [3.8, 4) is 0 Å². The normalized spacial score (nSPS) is 14.9. The van der Waals surface area contributed by atoms with Crippen LogP contribution in [0.1, 0.15) is 20.8 Å². The molecule has 0 saturated carbocycles. The van der Waals surface area contributed by atoms with Gasteiger partial charge >= 0.3 is 0 Å². The number of carbonyl (C=O) groups excluding carboxylic acids is 1. The molecule has 0 atom stereocenters. The van der Waals surface area contributed by atoms with Crippen LogP contribution in [-0.4, -0.2) is 59.8 Å². The van der Waals surface area contributed by atoms with Crippen molar-refractivity contribution in [3.63, 3.8) is 0 Å². The molecule has 7 nitrogen and oxygen atoms in total. The van der Waals surface area contributed by atoms with Crippen molar-refractivity contribution in [2.45, 2.75) is 13.5 Å². The minimum Gasteiger partial charge on any atom is -0.379 e. The Morgan fingerprint density at radius 1 is 1.30 bits per heavy atom. The van der Waals surface area contributed by atoms with Crippen LogP contribution in [0, 0.1) is 12.7 Å². The summed E-state index contributed by atoms with van der Waals surface area (Å²) in [5.41, 5.74) is 0.748. The highest BCUT2D eigenvalue weighted by Crippen LogP contribution is 2.26. The van der Waals surface area contributed by atoms with Crippen molar-refractivity contribution in [3.05, 3.63) is 62.8 Å². The Labute approximate surface area is 177 Å². The molecule has 0 bridgehead atoms. The van der Waals surface area contributed by atoms with Gasteiger partial charge in [0.15, 0.2) is 0 Å². The van der Waals surface area contributed by atoms with E-state index >= 15 is 0 Å². The molecule has 30 heavy (non-hydrogen) atoms. The Hall–Kier alpha value is -2.62. The second-order valence-corrected chi connectivity index (χ2v) is 8.21. The molecule has 158 valence electrons. The van der Waals surface area contributed by atoms with Crippen molar-refractivity contribution < 1.29 is 13.9 Å².